The fourth-order valence-corrected chi connectivity index (χ4v) is 3.65. The van der Waals surface area contributed by atoms with Gasteiger partial charge >= 0.3 is 72.3 Å². The van der Waals surface area contributed by atoms with Crippen molar-refractivity contribution in [3.63, 3.8) is 0 Å². The van der Waals surface area contributed by atoms with Crippen LogP contribution in [0.5, 0.6) is 0 Å². The SMILES string of the molecule is CC1=C[C]([Hg])=CC(C)N1. The summed E-state index contributed by atoms with van der Waals surface area (Å²) in [7, 11) is 0. The predicted octanol–water partition coefficient (Wildman–Crippen LogP) is 1.31. The van der Waals surface area contributed by atoms with Gasteiger partial charge in [0.2, 0.25) is 0 Å². The summed E-state index contributed by atoms with van der Waals surface area (Å²) in [5.74, 6) is 0. The van der Waals surface area contributed by atoms with E-state index in [2.05, 4.69) is 31.3 Å². The van der Waals surface area contributed by atoms with Crippen molar-refractivity contribution in [3.8, 4) is 0 Å². The van der Waals surface area contributed by atoms with Crippen LogP contribution in [0.15, 0.2) is 20.9 Å². The molecule has 1 heterocycles. The zero-order chi connectivity index (χ0) is 6.85. The molecule has 0 radical (unpaired) electrons. The van der Waals surface area contributed by atoms with Crippen molar-refractivity contribution in [2.45, 2.75) is 19.9 Å². The number of allylic oxidation sites excluding steroid dienone is 3. The number of hydrogen-bond donors (Lipinski definition) is 1. The van der Waals surface area contributed by atoms with Crippen LogP contribution in [0, 0.1) is 0 Å². The topological polar surface area (TPSA) is 12.0 Å². The van der Waals surface area contributed by atoms with Crippen LogP contribution in [0.25, 0.3) is 0 Å². The molecule has 0 aromatic carbocycles. The molecule has 0 spiro atoms. The first-order chi connectivity index (χ1) is 4.18. The summed E-state index contributed by atoms with van der Waals surface area (Å²) in [6, 6.07) is 0.558. The van der Waals surface area contributed by atoms with E-state index < -0.39 is 0 Å². The Labute approximate surface area is 72.2 Å². The van der Waals surface area contributed by atoms with Crippen LogP contribution in [0.1, 0.15) is 13.8 Å². The molecule has 1 N–H and O–H groups in total. The van der Waals surface area contributed by atoms with Crippen LogP contribution >= 0.6 is 0 Å². The normalized spacial score (nSPS) is 26.4. The Bertz CT molecular complexity index is 170. The molecule has 1 rings (SSSR count). The molecule has 0 aromatic rings. The summed E-state index contributed by atoms with van der Waals surface area (Å²) >= 11 is 0.790. The molecular weight excluding hydrogens is 299 g/mol. The van der Waals surface area contributed by atoms with Gasteiger partial charge in [0.1, 0.15) is 0 Å². The van der Waals surface area contributed by atoms with E-state index in [1.807, 2.05) is 0 Å². The van der Waals surface area contributed by atoms with Gasteiger partial charge in [-0.1, -0.05) is 0 Å². The standard InChI is InChI=1S/C7H10N.Hg/c1-6-4-3-5-7(2)8-6;/h4-6,8H,1-2H3;. The van der Waals surface area contributed by atoms with Crippen molar-refractivity contribution in [2.24, 2.45) is 0 Å². The average Bonchev–Trinajstić information content (AvgIpc) is 1.59. The Hall–Kier alpha value is 0.215. The second kappa shape index (κ2) is 2.87. The molecule has 0 bridgehead atoms. The molecule has 1 unspecified atom stereocenters. The monoisotopic (exact) mass is 310 g/mol. The van der Waals surface area contributed by atoms with E-state index in [0.717, 1.165) is 26.1 Å². The fraction of sp³-hybridized carbons (Fsp3) is 0.429. The molecule has 1 aliphatic heterocycles. The average molecular weight is 309 g/mol. The molecule has 1 atom stereocenters. The second-order valence-electron chi connectivity index (χ2n) is 2.50. The van der Waals surface area contributed by atoms with Gasteiger partial charge in [0.25, 0.3) is 0 Å². The minimum atomic E-state index is 0.558. The van der Waals surface area contributed by atoms with Crippen molar-refractivity contribution in [3.05, 3.63) is 20.9 Å². The van der Waals surface area contributed by atoms with Gasteiger partial charge in [-0.15, -0.1) is 0 Å². The van der Waals surface area contributed by atoms with Crippen molar-refractivity contribution in [1.82, 2.24) is 5.32 Å². The third-order valence-corrected chi connectivity index (χ3v) is 3.03. The molecule has 0 amide bonds. The molecule has 2 heteroatoms. The van der Waals surface area contributed by atoms with Crippen molar-refractivity contribution >= 4 is 0 Å². The van der Waals surface area contributed by atoms with E-state index in [1.165, 1.54) is 5.70 Å². The van der Waals surface area contributed by atoms with Crippen LogP contribution in [0.2, 0.25) is 0 Å². The van der Waals surface area contributed by atoms with Gasteiger partial charge in [0.15, 0.2) is 0 Å². The second-order valence-corrected chi connectivity index (χ2v) is 5.68. The maximum atomic E-state index is 3.33. The Kier molecular flexibility index (Phi) is 2.33. The van der Waals surface area contributed by atoms with E-state index in [9.17, 15) is 0 Å². The van der Waals surface area contributed by atoms with Crippen LogP contribution < -0.4 is 5.32 Å². The first-order valence-electron chi connectivity index (χ1n) is 3.17. The molecule has 9 heavy (non-hydrogen) atoms. The Morgan fingerprint density at radius 3 is 2.78 bits per heavy atom. The van der Waals surface area contributed by atoms with Crippen LogP contribution in [0.3, 0.4) is 0 Å². The summed E-state index contributed by atoms with van der Waals surface area (Å²) in [5.41, 5.74) is 1.31. The summed E-state index contributed by atoms with van der Waals surface area (Å²) in [6.45, 7) is 4.31. The van der Waals surface area contributed by atoms with E-state index in [4.69, 9.17) is 0 Å². The van der Waals surface area contributed by atoms with Gasteiger partial charge in [0.05, 0.1) is 0 Å². The minimum absolute atomic E-state index is 0.558. The van der Waals surface area contributed by atoms with Gasteiger partial charge in [0, 0.05) is 0 Å². The van der Waals surface area contributed by atoms with Crippen molar-refractivity contribution in [1.29, 1.82) is 0 Å². The molecule has 0 fully saturated rings. The summed E-state index contributed by atoms with van der Waals surface area (Å²) in [5, 5.41) is 3.33. The van der Waals surface area contributed by atoms with Crippen LogP contribution in [-0.4, -0.2) is 6.04 Å². The van der Waals surface area contributed by atoms with Gasteiger partial charge in [-0.2, -0.15) is 0 Å². The number of nitrogens with one attached hydrogen (secondary N) is 1. The van der Waals surface area contributed by atoms with Crippen molar-refractivity contribution in [2.75, 3.05) is 0 Å². The molecule has 45 valence electrons. The quantitative estimate of drug-likeness (QED) is 0.666. The third kappa shape index (κ3) is 2.13. The Morgan fingerprint density at radius 2 is 2.33 bits per heavy atom. The van der Waals surface area contributed by atoms with E-state index in [0.29, 0.717) is 6.04 Å². The summed E-state index contributed by atoms with van der Waals surface area (Å²) < 4.78 is 1.55. The van der Waals surface area contributed by atoms with Crippen molar-refractivity contribution < 1.29 is 26.1 Å². The van der Waals surface area contributed by atoms with Crippen LogP contribution in [0.4, 0.5) is 0 Å². The number of rotatable bonds is 0. The number of dihydropyridines is 1. The molecule has 0 aromatic heterocycles. The van der Waals surface area contributed by atoms with Gasteiger partial charge in [-0.3, -0.25) is 0 Å². The molecule has 1 nitrogen and oxygen atoms in total. The summed E-state index contributed by atoms with van der Waals surface area (Å²) in [4.78, 5) is 0. The van der Waals surface area contributed by atoms with E-state index >= 15 is 0 Å². The van der Waals surface area contributed by atoms with Gasteiger partial charge in [-0.25, -0.2) is 0 Å². The zero-order valence-corrected chi connectivity index (χ0v) is 11.4. The number of hydrogen-bond acceptors (Lipinski definition) is 1. The van der Waals surface area contributed by atoms with Gasteiger partial charge in [-0.05, 0) is 0 Å². The van der Waals surface area contributed by atoms with E-state index in [1.54, 1.807) is 3.08 Å². The first-order valence-corrected chi connectivity index (χ1v) is 5.92. The molecule has 0 aliphatic carbocycles. The molecule has 0 saturated carbocycles. The molecule has 0 saturated heterocycles. The third-order valence-electron chi connectivity index (χ3n) is 1.32. The Morgan fingerprint density at radius 1 is 1.67 bits per heavy atom. The van der Waals surface area contributed by atoms with Gasteiger partial charge < -0.3 is 0 Å². The summed E-state index contributed by atoms with van der Waals surface area (Å²) in [6.07, 6.45) is 4.54. The fourth-order valence-electron chi connectivity index (χ4n) is 1.09. The molecule has 1 aliphatic rings. The zero-order valence-electron chi connectivity index (χ0n) is 5.94. The molecular formula is C7H10HgN. The predicted molar refractivity (Wildman–Crippen MR) is 34.4 cm³/mol. The van der Waals surface area contributed by atoms with E-state index in [-0.39, 0.29) is 0 Å². The maximum absolute atomic E-state index is 3.33. The van der Waals surface area contributed by atoms with Crippen LogP contribution in [-0.2, 0) is 26.1 Å². The Balaban J connectivity index is 2.74. The first kappa shape index (κ1) is 7.32.